The molecule has 0 radical (unpaired) electrons. The molecule has 1 atom stereocenters. The highest BCUT2D eigenvalue weighted by Crippen LogP contribution is 2.19. The maximum absolute atomic E-state index is 10.7. The Balaban J connectivity index is 1.69. The van der Waals surface area contributed by atoms with Crippen LogP contribution in [0.25, 0.3) is 0 Å². The Morgan fingerprint density at radius 2 is 2.21 bits per heavy atom. The van der Waals surface area contributed by atoms with Crippen molar-refractivity contribution in [2.75, 3.05) is 59.2 Å². The minimum Gasteiger partial charge on any atom is -0.492 e. The average Bonchev–Trinajstić information content (AvgIpc) is 2.55. The van der Waals surface area contributed by atoms with Crippen molar-refractivity contribution >= 4 is 17.7 Å². The third kappa shape index (κ3) is 6.68. The average molecular weight is 354 g/mol. The van der Waals surface area contributed by atoms with Gasteiger partial charge in [0.05, 0.1) is 19.3 Å². The van der Waals surface area contributed by atoms with Crippen LogP contribution in [0, 0.1) is 0 Å². The number of likely N-dealkylation sites (N-methyl/N-ethyl adjacent to an activating group) is 1. The van der Waals surface area contributed by atoms with Crippen LogP contribution in [0.1, 0.15) is 0 Å². The van der Waals surface area contributed by atoms with Crippen LogP contribution in [-0.4, -0.2) is 86.2 Å². The number of carboxylic acids is 1. The molecule has 0 amide bonds. The van der Waals surface area contributed by atoms with Gasteiger partial charge in [-0.1, -0.05) is 0 Å². The molecular weight excluding hydrogens is 328 g/mol. The van der Waals surface area contributed by atoms with E-state index in [0.717, 1.165) is 25.4 Å². The fourth-order valence-corrected chi connectivity index (χ4v) is 3.11. The molecule has 1 heterocycles. The first-order chi connectivity index (χ1) is 11.6. The highest BCUT2D eigenvalue weighted by molar-refractivity contribution is 7.98. The van der Waals surface area contributed by atoms with Gasteiger partial charge in [0.1, 0.15) is 12.4 Å². The number of hydrogen-bond donors (Lipinski definition) is 1. The van der Waals surface area contributed by atoms with Crippen molar-refractivity contribution in [3.05, 3.63) is 24.3 Å². The van der Waals surface area contributed by atoms with Crippen molar-refractivity contribution in [3.8, 4) is 5.75 Å². The summed E-state index contributed by atoms with van der Waals surface area (Å²) in [5.41, 5.74) is 0. The number of morpholine rings is 1. The SMILES string of the molecule is CSc1ccc(OCCN2CCOC(CN(C)CC(=O)O)C2)cc1. The Morgan fingerprint density at radius 3 is 2.88 bits per heavy atom. The van der Waals surface area contributed by atoms with Crippen LogP contribution in [0.4, 0.5) is 0 Å². The van der Waals surface area contributed by atoms with Crippen molar-refractivity contribution in [1.82, 2.24) is 9.80 Å². The van der Waals surface area contributed by atoms with Crippen LogP contribution in [0.5, 0.6) is 5.75 Å². The molecule has 0 saturated carbocycles. The van der Waals surface area contributed by atoms with Gasteiger partial charge in [-0.25, -0.2) is 0 Å². The van der Waals surface area contributed by atoms with E-state index < -0.39 is 5.97 Å². The van der Waals surface area contributed by atoms with Crippen LogP contribution in [-0.2, 0) is 9.53 Å². The van der Waals surface area contributed by atoms with Crippen LogP contribution >= 0.6 is 11.8 Å². The van der Waals surface area contributed by atoms with Crippen LogP contribution < -0.4 is 4.74 Å². The number of thioether (sulfide) groups is 1. The molecular formula is C17H26N2O4S. The van der Waals surface area contributed by atoms with E-state index in [-0.39, 0.29) is 12.6 Å². The summed E-state index contributed by atoms with van der Waals surface area (Å²) in [4.78, 5) is 16.0. The predicted octanol–water partition coefficient (Wildman–Crippen LogP) is 1.50. The molecule has 1 aromatic carbocycles. The van der Waals surface area contributed by atoms with E-state index in [4.69, 9.17) is 14.6 Å². The molecule has 24 heavy (non-hydrogen) atoms. The zero-order chi connectivity index (χ0) is 17.4. The molecule has 1 aromatic rings. The van der Waals surface area contributed by atoms with E-state index in [1.54, 1.807) is 23.7 Å². The van der Waals surface area contributed by atoms with E-state index in [1.807, 2.05) is 12.1 Å². The lowest BCUT2D eigenvalue weighted by molar-refractivity contribution is -0.138. The van der Waals surface area contributed by atoms with Gasteiger partial charge in [0.2, 0.25) is 0 Å². The number of ether oxygens (including phenoxy) is 2. The van der Waals surface area contributed by atoms with E-state index >= 15 is 0 Å². The number of carboxylic acid groups (broad SMARTS) is 1. The van der Waals surface area contributed by atoms with Gasteiger partial charge in [-0.15, -0.1) is 11.8 Å². The third-order valence-corrected chi connectivity index (χ3v) is 4.62. The fraction of sp³-hybridized carbons (Fsp3) is 0.588. The second kappa shape index (κ2) is 9.88. The minimum absolute atomic E-state index is 0.0367. The molecule has 1 aliphatic rings. The number of benzene rings is 1. The van der Waals surface area contributed by atoms with Crippen molar-refractivity contribution in [2.24, 2.45) is 0 Å². The first-order valence-electron chi connectivity index (χ1n) is 8.08. The number of hydrogen-bond acceptors (Lipinski definition) is 6. The molecule has 1 aliphatic heterocycles. The van der Waals surface area contributed by atoms with Crippen molar-refractivity contribution in [1.29, 1.82) is 0 Å². The maximum Gasteiger partial charge on any atom is 0.317 e. The molecule has 0 aliphatic carbocycles. The van der Waals surface area contributed by atoms with Crippen molar-refractivity contribution in [2.45, 2.75) is 11.0 Å². The highest BCUT2D eigenvalue weighted by atomic mass is 32.2. The lowest BCUT2D eigenvalue weighted by Crippen LogP contribution is -2.48. The second-order valence-corrected chi connectivity index (χ2v) is 6.79. The van der Waals surface area contributed by atoms with E-state index in [9.17, 15) is 4.79 Å². The fourth-order valence-electron chi connectivity index (χ4n) is 2.70. The standard InChI is InChI=1S/C17H26N2O4S/c1-18(13-17(20)21)11-15-12-19(8-10-23-15)7-9-22-14-3-5-16(24-2)6-4-14/h3-6,15H,7-13H2,1-2H3,(H,20,21). The van der Waals surface area contributed by atoms with Gasteiger partial charge in [0.15, 0.2) is 0 Å². The molecule has 1 saturated heterocycles. The lowest BCUT2D eigenvalue weighted by Gasteiger charge is -2.34. The molecule has 1 N–H and O–H groups in total. The Kier molecular flexibility index (Phi) is 7.84. The lowest BCUT2D eigenvalue weighted by atomic mass is 10.2. The molecule has 0 spiro atoms. The van der Waals surface area contributed by atoms with Gasteiger partial charge >= 0.3 is 5.97 Å². The monoisotopic (exact) mass is 354 g/mol. The molecule has 134 valence electrons. The zero-order valence-corrected chi connectivity index (χ0v) is 15.1. The smallest absolute Gasteiger partial charge is 0.317 e. The van der Waals surface area contributed by atoms with Crippen molar-refractivity contribution < 1.29 is 19.4 Å². The van der Waals surface area contributed by atoms with Gasteiger partial charge in [-0.05, 0) is 37.6 Å². The predicted molar refractivity (Wildman–Crippen MR) is 95.0 cm³/mol. The topological polar surface area (TPSA) is 62.2 Å². The first-order valence-corrected chi connectivity index (χ1v) is 9.30. The van der Waals surface area contributed by atoms with E-state index in [1.165, 1.54) is 4.90 Å². The molecule has 1 unspecified atom stereocenters. The summed E-state index contributed by atoms with van der Waals surface area (Å²) < 4.78 is 11.5. The summed E-state index contributed by atoms with van der Waals surface area (Å²) in [6.45, 7) is 4.50. The van der Waals surface area contributed by atoms with Gasteiger partial charge in [0.25, 0.3) is 0 Å². The van der Waals surface area contributed by atoms with E-state index in [2.05, 4.69) is 23.3 Å². The van der Waals surface area contributed by atoms with Gasteiger partial charge in [0, 0.05) is 31.1 Å². The number of rotatable bonds is 9. The number of aliphatic carboxylic acids is 1. The van der Waals surface area contributed by atoms with Crippen molar-refractivity contribution in [3.63, 3.8) is 0 Å². The largest absolute Gasteiger partial charge is 0.492 e. The quantitative estimate of drug-likeness (QED) is 0.674. The van der Waals surface area contributed by atoms with E-state index in [0.29, 0.717) is 19.8 Å². The van der Waals surface area contributed by atoms with Crippen LogP contribution in [0.3, 0.4) is 0 Å². The maximum atomic E-state index is 10.7. The molecule has 0 aromatic heterocycles. The summed E-state index contributed by atoms with van der Waals surface area (Å²) in [5.74, 6) is 0.0739. The Hall–Kier alpha value is -1.28. The Labute approximate surface area is 147 Å². The van der Waals surface area contributed by atoms with Gasteiger partial charge < -0.3 is 14.6 Å². The number of carbonyl (C=O) groups is 1. The Morgan fingerprint density at radius 1 is 1.46 bits per heavy atom. The first kappa shape index (κ1) is 19.1. The summed E-state index contributed by atoms with van der Waals surface area (Å²) in [5, 5.41) is 8.81. The summed E-state index contributed by atoms with van der Waals surface area (Å²) in [6, 6.07) is 8.11. The molecule has 7 heteroatoms. The van der Waals surface area contributed by atoms with Crippen LogP contribution in [0.2, 0.25) is 0 Å². The summed E-state index contributed by atoms with van der Waals surface area (Å²) in [7, 11) is 1.80. The molecule has 0 bridgehead atoms. The van der Waals surface area contributed by atoms with Gasteiger partial charge in [-0.2, -0.15) is 0 Å². The summed E-state index contributed by atoms with van der Waals surface area (Å²) in [6.07, 6.45) is 2.10. The van der Waals surface area contributed by atoms with Gasteiger partial charge in [-0.3, -0.25) is 14.6 Å². The minimum atomic E-state index is -0.814. The Bertz CT molecular complexity index is 512. The molecule has 1 fully saturated rings. The normalized spacial score (nSPS) is 18.7. The molecule has 6 nitrogen and oxygen atoms in total. The third-order valence-electron chi connectivity index (χ3n) is 3.88. The molecule has 2 rings (SSSR count). The zero-order valence-electron chi connectivity index (χ0n) is 14.3. The second-order valence-electron chi connectivity index (χ2n) is 5.91. The van der Waals surface area contributed by atoms with Crippen LogP contribution in [0.15, 0.2) is 29.2 Å². The highest BCUT2D eigenvalue weighted by Gasteiger charge is 2.22. The summed E-state index contributed by atoms with van der Waals surface area (Å²) >= 11 is 1.71. The number of nitrogens with zero attached hydrogens (tertiary/aromatic N) is 2.